The van der Waals surface area contributed by atoms with Crippen LogP contribution in [0.25, 0.3) is 0 Å². The fourth-order valence-corrected chi connectivity index (χ4v) is 2.15. The molecule has 0 bridgehead atoms. The van der Waals surface area contributed by atoms with Crippen molar-refractivity contribution in [3.05, 3.63) is 0 Å². The Kier molecular flexibility index (Phi) is 3.85. The molecule has 1 unspecified atom stereocenters. The number of hydrogen-bond acceptors (Lipinski definition) is 2. The average molecular weight is 188 g/mol. The van der Waals surface area contributed by atoms with Gasteiger partial charge in [0.05, 0.1) is 6.10 Å². The topological polar surface area (TPSA) is 37.3 Å². The summed E-state index contributed by atoms with van der Waals surface area (Å²) in [5.41, 5.74) is -0.427. The number of alkyl halides is 1. The second-order valence-corrected chi connectivity index (χ2v) is 4.05. The molecule has 1 atom stereocenters. The molecule has 76 valence electrons. The number of carbonyl (C=O) groups excluding carboxylic acids is 1. The largest absolute Gasteiger partial charge is 0.390 e. The van der Waals surface area contributed by atoms with Gasteiger partial charge in [0.1, 0.15) is 13.0 Å². The zero-order valence-electron chi connectivity index (χ0n) is 7.84. The molecule has 1 aliphatic carbocycles. The SMILES string of the molecule is O=CC1(CC(O)CF)CCCCC1. The lowest BCUT2D eigenvalue weighted by Gasteiger charge is -2.33. The van der Waals surface area contributed by atoms with Crippen LogP contribution in [0.3, 0.4) is 0 Å². The summed E-state index contributed by atoms with van der Waals surface area (Å²) in [6.07, 6.45) is 5.10. The minimum absolute atomic E-state index is 0.299. The highest BCUT2D eigenvalue weighted by molar-refractivity contribution is 5.59. The van der Waals surface area contributed by atoms with Crippen molar-refractivity contribution < 1.29 is 14.3 Å². The van der Waals surface area contributed by atoms with Crippen LogP contribution in [0.15, 0.2) is 0 Å². The molecule has 1 saturated carbocycles. The molecule has 0 saturated heterocycles. The first-order valence-electron chi connectivity index (χ1n) is 4.93. The Bertz CT molecular complexity index is 164. The molecule has 1 aliphatic rings. The van der Waals surface area contributed by atoms with Crippen LogP contribution in [-0.4, -0.2) is 24.2 Å². The van der Waals surface area contributed by atoms with Gasteiger partial charge in [-0.2, -0.15) is 0 Å². The van der Waals surface area contributed by atoms with Gasteiger partial charge in [-0.15, -0.1) is 0 Å². The van der Waals surface area contributed by atoms with Crippen LogP contribution in [0.2, 0.25) is 0 Å². The van der Waals surface area contributed by atoms with Crippen molar-refractivity contribution in [3.8, 4) is 0 Å². The Morgan fingerprint density at radius 1 is 1.38 bits per heavy atom. The Morgan fingerprint density at radius 2 is 2.00 bits per heavy atom. The maximum atomic E-state index is 12.1. The zero-order chi connectivity index (χ0) is 9.73. The molecule has 0 amide bonds. The summed E-state index contributed by atoms with van der Waals surface area (Å²) in [5.74, 6) is 0. The molecule has 0 aromatic rings. The molecule has 0 heterocycles. The van der Waals surface area contributed by atoms with Gasteiger partial charge in [0.15, 0.2) is 0 Å². The fraction of sp³-hybridized carbons (Fsp3) is 0.900. The summed E-state index contributed by atoms with van der Waals surface area (Å²) < 4.78 is 12.1. The molecule has 1 fully saturated rings. The fourth-order valence-electron chi connectivity index (χ4n) is 2.15. The van der Waals surface area contributed by atoms with Crippen molar-refractivity contribution in [1.82, 2.24) is 0 Å². The number of aldehydes is 1. The summed E-state index contributed by atoms with van der Waals surface area (Å²) in [6.45, 7) is -0.740. The first kappa shape index (κ1) is 10.6. The third-order valence-corrected chi connectivity index (χ3v) is 2.92. The minimum atomic E-state index is -0.955. The molecule has 0 aromatic heterocycles. The van der Waals surface area contributed by atoms with E-state index in [1.54, 1.807) is 0 Å². The lowest BCUT2D eigenvalue weighted by molar-refractivity contribution is -0.120. The molecule has 0 aliphatic heterocycles. The summed E-state index contributed by atoms with van der Waals surface area (Å²) in [5, 5.41) is 9.17. The van der Waals surface area contributed by atoms with E-state index in [-0.39, 0.29) is 0 Å². The number of hydrogen-bond donors (Lipinski definition) is 1. The maximum absolute atomic E-state index is 12.1. The highest BCUT2D eigenvalue weighted by Crippen LogP contribution is 2.38. The van der Waals surface area contributed by atoms with Crippen LogP contribution in [0.1, 0.15) is 38.5 Å². The number of halogens is 1. The Labute approximate surface area is 78.1 Å². The number of aliphatic hydroxyl groups is 1. The highest BCUT2D eigenvalue weighted by atomic mass is 19.1. The van der Waals surface area contributed by atoms with Crippen LogP contribution in [0.4, 0.5) is 4.39 Å². The lowest BCUT2D eigenvalue weighted by atomic mass is 9.72. The van der Waals surface area contributed by atoms with Crippen molar-refractivity contribution in [2.24, 2.45) is 5.41 Å². The molecule has 0 radical (unpaired) electrons. The van der Waals surface area contributed by atoms with Crippen LogP contribution in [-0.2, 0) is 4.79 Å². The van der Waals surface area contributed by atoms with Gasteiger partial charge in [0, 0.05) is 5.41 Å². The maximum Gasteiger partial charge on any atom is 0.126 e. The first-order chi connectivity index (χ1) is 6.22. The molecule has 13 heavy (non-hydrogen) atoms. The summed E-state index contributed by atoms with van der Waals surface area (Å²) in [4.78, 5) is 10.9. The van der Waals surface area contributed by atoms with Gasteiger partial charge in [-0.25, -0.2) is 4.39 Å². The molecular weight excluding hydrogens is 171 g/mol. The number of aliphatic hydroxyl groups excluding tert-OH is 1. The third-order valence-electron chi connectivity index (χ3n) is 2.92. The first-order valence-corrected chi connectivity index (χ1v) is 4.93. The highest BCUT2D eigenvalue weighted by Gasteiger charge is 2.33. The monoisotopic (exact) mass is 188 g/mol. The van der Waals surface area contributed by atoms with Crippen LogP contribution in [0.5, 0.6) is 0 Å². The zero-order valence-corrected chi connectivity index (χ0v) is 7.84. The van der Waals surface area contributed by atoms with E-state index in [0.717, 1.165) is 38.4 Å². The number of rotatable bonds is 4. The Morgan fingerprint density at radius 3 is 2.46 bits per heavy atom. The van der Waals surface area contributed by atoms with Gasteiger partial charge in [-0.3, -0.25) is 0 Å². The van der Waals surface area contributed by atoms with E-state index in [1.165, 1.54) is 0 Å². The van der Waals surface area contributed by atoms with E-state index in [0.29, 0.717) is 6.42 Å². The van der Waals surface area contributed by atoms with Gasteiger partial charge >= 0.3 is 0 Å². The van der Waals surface area contributed by atoms with Crippen LogP contribution >= 0.6 is 0 Å². The van der Waals surface area contributed by atoms with Crippen molar-refractivity contribution in [1.29, 1.82) is 0 Å². The lowest BCUT2D eigenvalue weighted by Crippen LogP contribution is -2.31. The molecule has 0 spiro atoms. The summed E-state index contributed by atoms with van der Waals surface area (Å²) >= 11 is 0. The molecular formula is C10H17FO2. The summed E-state index contributed by atoms with van der Waals surface area (Å²) in [6, 6.07) is 0. The smallest absolute Gasteiger partial charge is 0.126 e. The van der Waals surface area contributed by atoms with Crippen molar-refractivity contribution in [3.63, 3.8) is 0 Å². The molecule has 2 nitrogen and oxygen atoms in total. The van der Waals surface area contributed by atoms with E-state index in [2.05, 4.69) is 0 Å². The summed E-state index contributed by atoms with van der Waals surface area (Å²) in [7, 11) is 0. The predicted molar refractivity (Wildman–Crippen MR) is 48.2 cm³/mol. The van der Waals surface area contributed by atoms with Crippen LogP contribution < -0.4 is 0 Å². The van der Waals surface area contributed by atoms with Crippen molar-refractivity contribution >= 4 is 6.29 Å². The second-order valence-electron chi connectivity index (χ2n) is 4.05. The normalized spacial score (nSPS) is 23.8. The molecule has 0 aromatic carbocycles. The average Bonchev–Trinajstić information content (AvgIpc) is 2.19. The molecule has 1 N–H and O–H groups in total. The molecule has 1 rings (SSSR count). The Hall–Kier alpha value is -0.440. The van der Waals surface area contributed by atoms with Gasteiger partial charge in [-0.1, -0.05) is 19.3 Å². The quantitative estimate of drug-likeness (QED) is 0.684. The third kappa shape index (κ3) is 2.76. The van der Waals surface area contributed by atoms with Crippen LogP contribution in [0, 0.1) is 5.41 Å². The minimum Gasteiger partial charge on any atom is -0.390 e. The standard InChI is InChI=1S/C10H17FO2/c11-7-9(13)6-10(8-12)4-2-1-3-5-10/h8-9,13H,1-7H2. The van der Waals surface area contributed by atoms with Crippen molar-refractivity contribution in [2.45, 2.75) is 44.6 Å². The molecule has 3 heteroatoms. The van der Waals surface area contributed by atoms with E-state index in [9.17, 15) is 14.3 Å². The van der Waals surface area contributed by atoms with E-state index in [1.807, 2.05) is 0 Å². The predicted octanol–water partition coefficient (Wildman–Crippen LogP) is 1.86. The van der Waals surface area contributed by atoms with Gasteiger partial charge in [-0.05, 0) is 19.3 Å². The van der Waals surface area contributed by atoms with Crippen molar-refractivity contribution in [2.75, 3.05) is 6.67 Å². The second kappa shape index (κ2) is 4.70. The van der Waals surface area contributed by atoms with E-state index < -0.39 is 18.2 Å². The van der Waals surface area contributed by atoms with E-state index >= 15 is 0 Å². The van der Waals surface area contributed by atoms with Gasteiger partial charge < -0.3 is 9.90 Å². The van der Waals surface area contributed by atoms with E-state index in [4.69, 9.17) is 0 Å². The number of carbonyl (C=O) groups is 1. The van der Waals surface area contributed by atoms with Gasteiger partial charge in [0.2, 0.25) is 0 Å². The Balaban J connectivity index is 2.52. The van der Waals surface area contributed by atoms with Gasteiger partial charge in [0.25, 0.3) is 0 Å².